The number of nitrogens with one attached hydrogen (secondary N) is 1. The molecule has 0 amide bonds. The Morgan fingerprint density at radius 1 is 1.05 bits per heavy atom. The molecule has 0 saturated heterocycles. The van der Waals surface area contributed by atoms with E-state index in [1.165, 1.54) is 12.1 Å². The summed E-state index contributed by atoms with van der Waals surface area (Å²) in [5.41, 5.74) is 1.03. The van der Waals surface area contributed by atoms with E-state index in [2.05, 4.69) is 16.6 Å². The van der Waals surface area contributed by atoms with Crippen molar-refractivity contribution in [3.8, 4) is 11.8 Å². The lowest BCUT2D eigenvalue weighted by atomic mass is 10.2. The van der Waals surface area contributed by atoms with Gasteiger partial charge in [-0.15, -0.1) is 0 Å². The highest BCUT2D eigenvalue weighted by atomic mass is 32.2. The Kier molecular flexibility index (Phi) is 4.58. The Balaban J connectivity index is 2.18. The predicted molar refractivity (Wildman–Crippen MR) is 77.6 cm³/mol. The van der Waals surface area contributed by atoms with Crippen LogP contribution in [0, 0.1) is 17.7 Å². The summed E-state index contributed by atoms with van der Waals surface area (Å²) in [4.78, 5) is -0.0203. The van der Waals surface area contributed by atoms with Gasteiger partial charge < -0.3 is 5.11 Å². The van der Waals surface area contributed by atoms with Crippen molar-refractivity contribution in [3.63, 3.8) is 0 Å². The minimum atomic E-state index is -3.75. The number of hydrogen-bond donors (Lipinski definition) is 2. The van der Waals surface area contributed by atoms with E-state index < -0.39 is 15.8 Å². The minimum absolute atomic E-state index is 0.0203. The van der Waals surface area contributed by atoms with Crippen LogP contribution in [0.5, 0.6) is 0 Å². The number of benzene rings is 2. The molecule has 0 radical (unpaired) electrons. The third kappa shape index (κ3) is 4.05. The molecule has 6 heteroatoms. The van der Waals surface area contributed by atoms with Gasteiger partial charge in [0.1, 0.15) is 12.4 Å². The second-order valence-electron chi connectivity index (χ2n) is 4.10. The lowest BCUT2D eigenvalue weighted by Gasteiger charge is -2.08. The lowest BCUT2D eigenvalue weighted by Crippen LogP contribution is -2.12. The van der Waals surface area contributed by atoms with Crippen LogP contribution in [0.3, 0.4) is 0 Å². The van der Waals surface area contributed by atoms with E-state index in [1.807, 2.05) is 0 Å². The molecule has 2 rings (SSSR count). The fraction of sp³-hybridized carbons (Fsp3) is 0.0667. The quantitative estimate of drug-likeness (QED) is 0.852. The number of hydrogen-bond acceptors (Lipinski definition) is 3. The van der Waals surface area contributed by atoms with Gasteiger partial charge in [0.2, 0.25) is 0 Å². The largest absolute Gasteiger partial charge is 0.384 e. The van der Waals surface area contributed by atoms with Crippen LogP contribution in [0.4, 0.5) is 10.1 Å². The van der Waals surface area contributed by atoms with Gasteiger partial charge in [0.15, 0.2) is 0 Å². The van der Waals surface area contributed by atoms with Crippen LogP contribution >= 0.6 is 0 Å². The van der Waals surface area contributed by atoms with E-state index >= 15 is 0 Å². The van der Waals surface area contributed by atoms with Gasteiger partial charge in [-0.2, -0.15) is 0 Å². The van der Waals surface area contributed by atoms with Crippen LogP contribution in [-0.4, -0.2) is 20.1 Å². The molecule has 2 aromatic carbocycles. The number of halogens is 1. The molecule has 108 valence electrons. The van der Waals surface area contributed by atoms with Crippen molar-refractivity contribution in [2.75, 3.05) is 11.3 Å². The maximum atomic E-state index is 12.8. The second kappa shape index (κ2) is 6.39. The van der Waals surface area contributed by atoms with Crippen molar-refractivity contribution >= 4 is 15.7 Å². The molecule has 0 atom stereocenters. The molecule has 0 spiro atoms. The first kappa shape index (κ1) is 15.0. The number of aliphatic hydroxyl groups excluding tert-OH is 1. The van der Waals surface area contributed by atoms with Crippen molar-refractivity contribution in [2.45, 2.75) is 4.90 Å². The molecular weight excluding hydrogens is 293 g/mol. The Morgan fingerprint density at radius 2 is 1.67 bits per heavy atom. The maximum Gasteiger partial charge on any atom is 0.261 e. The first-order valence-electron chi connectivity index (χ1n) is 5.99. The molecule has 0 aromatic heterocycles. The topological polar surface area (TPSA) is 66.4 Å². The van der Waals surface area contributed by atoms with Crippen molar-refractivity contribution in [3.05, 3.63) is 59.9 Å². The molecule has 21 heavy (non-hydrogen) atoms. The van der Waals surface area contributed by atoms with E-state index in [1.54, 1.807) is 24.3 Å². The van der Waals surface area contributed by atoms with Crippen LogP contribution in [-0.2, 0) is 10.0 Å². The summed E-state index contributed by atoms with van der Waals surface area (Å²) >= 11 is 0. The molecule has 0 fully saturated rings. The average Bonchev–Trinajstić information content (AvgIpc) is 2.47. The zero-order valence-electron chi connectivity index (χ0n) is 10.9. The molecule has 0 unspecified atom stereocenters. The Morgan fingerprint density at radius 3 is 2.24 bits per heavy atom. The average molecular weight is 305 g/mol. The van der Waals surface area contributed by atoms with Gasteiger partial charge in [-0.05, 0) is 48.5 Å². The predicted octanol–water partition coefficient (Wildman–Crippen LogP) is 1.97. The van der Waals surface area contributed by atoms with Crippen LogP contribution in [0.2, 0.25) is 0 Å². The van der Waals surface area contributed by atoms with Crippen LogP contribution in [0.25, 0.3) is 0 Å². The van der Waals surface area contributed by atoms with Crippen molar-refractivity contribution in [1.29, 1.82) is 0 Å². The molecule has 4 nitrogen and oxygen atoms in total. The summed E-state index contributed by atoms with van der Waals surface area (Å²) in [7, 11) is -3.75. The first-order chi connectivity index (χ1) is 10.0. The highest BCUT2D eigenvalue weighted by molar-refractivity contribution is 7.92. The highest BCUT2D eigenvalue weighted by Crippen LogP contribution is 2.16. The van der Waals surface area contributed by atoms with Crippen molar-refractivity contribution in [1.82, 2.24) is 0 Å². The van der Waals surface area contributed by atoms with Gasteiger partial charge in [-0.25, -0.2) is 12.8 Å². The number of aliphatic hydroxyl groups is 1. The lowest BCUT2D eigenvalue weighted by molar-refractivity contribution is 0.350. The normalized spacial score (nSPS) is 10.6. The molecule has 0 aliphatic carbocycles. The maximum absolute atomic E-state index is 12.8. The van der Waals surface area contributed by atoms with Gasteiger partial charge in [0.05, 0.1) is 4.90 Å². The standard InChI is InChI=1S/C15H12FNO3S/c16-13-5-9-15(10-6-13)21(19,20)17-14-7-3-12(4-8-14)2-1-11-18/h3-10,17-18H,11H2. The Hall–Kier alpha value is -2.36. The molecule has 0 aliphatic heterocycles. The van der Waals surface area contributed by atoms with Gasteiger partial charge >= 0.3 is 0 Å². The zero-order valence-corrected chi connectivity index (χ0v) is 11.7. The van der Waals surface area contributed by atoms with E-state index in [0.717, 1.165) is 12.1 Å². The van der Waals surface area contributed by atoms with Crippen LogP contribution < -0.4 is 4.72 Å². The number of rotatable bonds is 3. The molecule has 0 heterocycles. The molecule has 2 aromatic rings. The van der Waals surface area contributed by atoms with Crippen LogP contribution in [0.1, 0.15) is 5.56 Å². The monoisotopic (exact) mass is 305 g/mol. The fourth-order valence-corrected chi connectivity index (χ4v) is 2.65. The van der Waals surface area contributed by atoms with Gasteiger partial charge in [0.25, 0.3) is 10.0 Å². The SMILES string of the molecule is O=S(=O)(Nc1ccc(C#CCO)cc1)c1ccc(F)cc1. The Bertz CT molecular complexity index is 772. The third-order valence-corrected chi connectivity index (χ3v) is 3.97. The van der Waals surface area contributed by atoms with E-state index in [0.29, 0.717) is 11.3 Å². The summed E-state index contributed by atoms with van der Waals surface area (Å²) < 4.78 is 39.3. The molecule has 0 aliphatic rings. The molecule has 0 bridgehead atoms. The zero-order chi connectivity index (χ0) is 15.3. The fourth-order valence-electron chi connectivity index (χ4n) is 1.59. The molecule has 2 N–H and O–H groups in total. The van der Waals surface area contributed by atoms with E-state index in [9.17, 15) is 12.8 Å². The summed E-state index contributed by atoms with van der Waals surface area (Å²) in [6.07, 6.45) is 0. The third-order valence-electron chi connectivity index (χ3n) is 2.57. The van der Waals surface area contributed by atoms with E-state index in [-0.39, 0.29) is 11.5 Å². The Labute approximate surface area is 122 Å². The van der Waals surface area contributed by atoms with Crippen molar-refractivity contribution < 1.29 is 17.9 Å². The first-order valence-corrected chi connectivity index (χ1v) is 7.48. The summed E-state index contributed by atoms with van der Waals surface area (Å²) in [6.45, 7) is -0.237. The molecular formula is C15H12FNO3S. The second-order valence-corrected chi connectivity index (χ2v) is 5.78. The van der Waals surface area contributed by atoms with Gasteiger partial charge in [0, 0.05) is 11.3 Å². The summed E-state index contributed by atoms with van der Waals surface area (Å²) in [5.74, 6) is 4.70. The number of sulfonamides is 1. The minimum Gasteiger partial charge on any atom is -0.384 e. The molecule has 0 saturated carbocycles. The van der Waals surface area contributed by atoms with Gasteiger partial charge in [-0.1, -0.05) is 11.8 Å². The van der Waals surface area contributed by atoms with Gasteiger partial charge in [-0.3, -0.25) is 4.72 Å². The highest BCUT2D eigenvalue weighted by Gasteiger charge is 2.13. The summed E-state index contributed by atoms with van der Waals surface area (Å²) in [5, 5.41) is 8.59. The smallest absolute Gasteiger partial charge is 0.261 e. The van der Waals surface area contributed by atoms with Crippen molar-refractivity contribution in [2.24, 2.45) is 0 Å². The number of anilines is 1. The summed E-state index contributed by atoms with van der Waals surface area (Å²) in [6, 6.07) is 10.9. The van der Waals surface area contributed by atoms with Crippen LogP contribution in [0.15, 0.2) is 53.4 Å². The van der Waals surface area contributed by atoms with E-state index in [4.69, 9.17) is 5.11 Å².